The fourth-order valence-electron chi connectivity index (χ4n) is 2.98. The molecular weight excluding hydrogens is 310 g/mol. The summed E-state index contributed by atoms with van der Waals surface area (Å²) in [6, 6.07) is 9.17. The molecule has 0 saturated carbocycles. The van der Waals surface area contributed by atoms with E-state index in [4.69, 9.17) is 4.42 Å². The van der Waals surface area contributed by atoms with Crippen molar-refractivity contribution in [3.8, 4) is 0 Å². The lowest BCUT2D eigenvalue weighted by molar-refractivity contribution is 0.103. The number of fused-ring (bicyclic) bond motifs is 1. The normalized spacial score (nSPS) is 14.5. The molecule has 0 amide bonds. The minimum atomic E-state index is -0.577. The van der Waals surface area contributed by atoms with E-state index < -0.39 is 5.63 Å². The van der Waals surface area contributed by atoms with Crippen molar-refractivity contribution in [1.82, 2.24) is 0 Å². The predicted molar refractivity (Wildman–Crippen MR) is 91.7 cm³/mol. The molecule has 3 heterocycles. The van der Waals surface area contributed by atoms with Gasteiger partial charge in [0.2, 0.25) is 5.78 Å². The van der Waals surface area contributed by atoms with Crippen molar-refractivity contribution in [2.75, 3.05) is 18.0 Å². The van der Waals surface area contributed by atoms with E-state index in [2.05, 4.69) is 4.90 Å². The van der Waals surface area contributed by atoms with E-state index >= 15 is 0 Å². The topological polar surface area (TPSA) is 50.5 Å². The Labute approximate surface area is 137 Å². The van der Waals surface area contributed by atoms with Crippen LogP contribution in [0.4, 0.5) is 5.69 Å². The van der Waals surface area contributed by atoms with Gasteiger partial charge in [0.1, 0.15) is 11.1 Å². The highest BCUT2D eigenvalue weighted by Crippen LogP contribution is 2.25. The molecule has 0 unspecified atom stereocenters. The number of benzene rings is 1. The summed E-state index contributed by atoms with van der Waals surface area (Å²) in [5.74, 6) is -0.287. The van der Waals surface area contributed by atoms with Gasteiger partial charge in [-0.25, -0.2) is 4.79 Å². The second-order valence-electron chi connectivity index (χ2n) is 5.70. The summed E-state index contributed by atoms with van der Waals surface area (Å²) in [6.07, 6.45) is 2.38. The first-order chi connectivity index (χ1) is 11.2. The summed E-state index contributed by atoms with van der Waals surface area (Å²) in [6.45, 7) is 2.06. The van der Waals surface area contributed by atoms with E-state index in [0.29, 0.717) is 11.1 Å². The summed E-state index contributed by atoms with van der Waals surface area (Å²) >= 11 is 1.43. The first kappa shape index (κ1) is 14.2. The molecule has 4 rings (SSSR count). The van der Waals surface area contributed by atoms with E-state index in [1.165, 1.54) is 24.2 Å². The summed E-state index contributed by atoms with van der Waals surface area (Å²) in [4.78, 5) is 26.9. The lowest BCUT2D eigenvalue weighted by Crippen LogP contribution is -2.17. The maximum Gasteiger partial charge on any atom is 0.347 e. The van der Waals surface area contributed by atoms with E-state index in [9.17, 15) is 9.59 Å². The van der Waals surface area contributed by atoms with Crippen molar-refractivity contribution in [2.24, 2.45) is 0 Å². The average molecular weight is 325 g/mol. The molecule has 1 aliphatic heterocycles. The molecule has 0 aliphatic carbocycles. The van der Waals surface area contributed by atoms with Crippen LogP contribution in [-0.2, 0) is 0 Å². The van der Waals surface area contributed by atoms with Crippen LogP contribution >= 0.6 is 11.3 Å². The summed E-state index contributed by atoms with van der Waals surface area (Å²) in [5.41, 5.74) is 1.63. The number of anilines is 1. The zero-order chi connectivity index (χ0) is 15.8. The highest BCUT2D eigenvalue weighted by atomic mass is 32.1. The van der Waals surface area contributed by atoms with Crippen molar-refractivity contribution in [3.05, 3.63) is 62.6 Å². The molecule has 2 aromatic heterocycles. The molecule has 1 fully saturated rings. The van der Waals surface area contributed by atoms with Crippen LogP contribution < -0.4 is 10.5 Å². The largest absolute Gasteiger partial charge is 0.422 e. The van der Waals surface area contributed by atoms with E-state index in [1.807, 2.05) is 23.6 Å². The quantitative estimate of drug-likeness (QED) is 0.544. The molecule has 0 atom stereocenters. The van der Waals surface area contributed by atoms with Gasteiger partial charge in [-0.05, 0) is 42.5 Å². The number of nitrogens with zero attached hydrogens (tertiary/aromatic N) is 1. The van der Waals surface area contributed by atoms with Crippen molar-refractivity contribution in [3.63, 3.8) is 0 Å². The lowest BCUT2D eigenvalue weighted by atomic mass is 10.1. The number of hydrogen-bond acceptors (Lipinski definition) is 5. The Morgan fingerprint density at radius 2 is 1.96 bits per heavy atom. The van der Waals surface area contributed by atoms with Gasteiger partial charge >= 0.3 is 5.63 Å². The number of carbonyl (C=O) groups is 1. The molecular formula is C18H15NO3S. The second-order valence-corrected chi connectivity index (χ2v) is 6.48. The highest BCUT2D eigenvalue weighted by molar-refractivity contribution is 7.08. The first-order valence-corrected chi connectivity index (χ1v) is 8.56. The molecule has 0 spiro atoms. The van der Waals surface area contributed by atoms with Crippen LogP contribution in [0.5, 0.6) is 0 Å². The molecule has 5 heteroatoms. The van der Waals surface area contributed by atoms with Gasteiger partial charge in [0, 0.05) is 41.2 Å². The monoisotopic (exact) mass is 325 g/mol. The Hall–Kier alpha value is -2.40. The number of carbonyl (C=O) groups excluding carboxylic acids is 1. The van der Waals surface area contributed by atoms with Gasteiger partial charge < -0.3 is 9.32 Å². The third-order valence-corrected chi connectivity index (χ3v) is 4.90. The zero-order valence-corrected chi connectivity index (χ0v) is 13.3. The van der Waals surface area contributed by atoms with Crippen LogP contribution in [0.15, 0.2) is 50.3 Å². The number of hydrogen-bond donors (Lipinski definition) is 0. The van der Waals surface area contributed by atoms with Crippen LogP contribution in [0.3, 0.4) is 0 Å². The smallest absolute Gasteiger partial charge is 0.347 e. The van der Waals surface area contributed by atoms with Crippen molar-refractivity contribution in [2.45, 2.75) is 12.8 Å². The molecule has 1 saturated heterocycles. The van der Waals surface area contributed by atoms with Gasteiger partial charge in [-0.1, -0.05) is 0 Å². The van der Waals surface area contributed by atoms with Gasteiger partial charge in [0.25, 0.3) is 0 Å². The third kappa shape index (κ3) is 2.57. The summed E-state index contributed by atoms with van der Waals surface area (Å²) < 4.78 is 5.41. The Morgan fingerprint density at radius 3 is 2.70 bits per heavy atom. The van der Waals surface area contributed by atoms with Gasteiger partial charge in [-0.2, -0.15) is 11.3 Å². The molecule has 0 N–H and O–H groups in total. The van der Waals surface area contributed by atoms with E-state index in [-0.39, 0.29) is 11.3 Å². The van der Waals surface area contributed by atoms with Crippen LogP contribution in [0.25, 0.3) is 11.0 Å². The fourth-order valence-corrected chi connectivity index (χ4v) is 3.62. The number of rotatable bonds is 3. The molecule has 0 radical (unpaired) electrons. The van der Waals surface area contributed by atoms with Crippen LogP contribution in [0, 0.1) is 0 Å². The standard InChI is InChI=1S/C18H15NO3S/c20-17(13-5-8-23-11-13)15-9-12-3-4-14(19-6-1-2-7-19)10-16(12)22-18(15)21/h3-5,8-11H,1-2,6-7H2. The predicted octanol–water partition coefficient (Wildman–Crippen LogP) is 3.69. The van der Waals surface area contributed by atoms with E-state index in [0.717, 1.165) is 24.2 Å². The highest BCUT2D eigenvalue weighted by Gasteiger charge is 2.17. The Morgan fingerprint density at radius 1 is 1.13 bits per heavy atom. The van der Waals surface area contributed by atoms with Crippen LogP contribution in [0.1, 0.15) is 28.8 Å². The second kappa shape index (κ2) is 5.66. The molecule has 4 nitrogen and oxygen atoms in total. The average Bonchev–Trinajstić information content (AvgIpc) is 3.26. The van der Waals surface area contributed by atoms with Crippen molar-refractivity contribution >= 4 is 33.8 Å². The minimum absolute atomic E-state index is 0.0878. The third-order valence-electron chi connectivity index (χ3n) is 4.22. The maximum absolute atomic E-state index is 12.4. The number of ketones is 1. The van der Waals surface area contributed by atoms with E-state index in [1.54, 1.807) is 17.5 Å². The minimum Gasteiger partial charge on any atom is -0.422 e. The van der Waals surface area contributed by atoms with Gasteiger partial charge in [-0.3, -0.25) is 4.79 Å². The molecule has 0 bridgehead atoms. The number of thiophene rings is 1. The molecule has 23 heavy (non-hydrogen) atoms. The molecule has 1 aliphatic rings. The molecule has 1 aromatic carbocycles. The molecule has 116 valence electrons. The zero-order valence-electron chi connectivity index (χ0n) is 12.5. The fraction of sp³-hybridized carbons (Fsp3) is 0.222. The van der Waals surface area contributed by atoms with Gasteiger partial charge in [-0.15, -0.1) is 0 Å². The van der Waals surface area contributed by atoms with Gasteiger partial charge in [0.05, 0.1) is 0 Å². The first-order valence-electron chi connectivity index (χ1n) is 7.62. The SMILES string of the molecule is O=C(c1ccsc1)c1cc2ccc(N3CCCC3)cc2oc1=O. The summed E-state index contributed by atoms with van der Waals surface area (Å²) in [5, 5.41) is 4.33. The Balaban J connectivity index is 1.77. The summed E-state index contributed by atoms with van der Waals surface area (Å²) in [7, 11) is 0. The van der Waals surface area contributed by atoms with Gasteiger partial charge in [0.15, 0.2) is 0 Å². The van der Waals surface area contributed by atoms with Crippen LogP contribution in [-0.4, -0.2) is 18.9 Å². The molecule has 3 aromatic rings. The van der Waals surface area contributed by atoms with Crippen molar-refractivity contribution < 1.29 is 9.21 Å². The lowest BCUT2D eigenvalue weighted by Gasteiger charge is -2.17. The maximum atomic E-state index is 12.4. The van der Waals surface area contributed by atoms with Crippen LogP contribution in [0.2, 0.25) is 0 Å². The Bertz CT molecular complexity index is 921. The van der Waals surface area contributed by atoms with Crippen molar-refractivity contribution in [1.29, 1.82) is 0 Å². The Kier molecular flexibility index (Phi) is 3.50.